The molecule has 0 spiro atoms. The number of halogens is 2. The van der Waals surface area contributed by atoms with Crippen LogP contribution in [0.25, 0.3) is 11.0 Å². The van der Waals surface area contributed by atoms with E-state index in [1.165, 1.54) is 0 Å². The molecule has 0 aliphatic rings. The monoisotopic (exact) mass is 330 g/mol. The predicted molar refractivity (Wildman–Crippen MR) is 88.4 cm³/mol. The van der Waals surface area contributed by atoms with Gasteiger partial charge in [0.25, 0.3) is 0 Å². The van der Waals surface area contributed by atoms with Crippen molar-refractivity contribution in [2.75, 3.05) is 6.61 Å². The third kappa shape index (κ3) is 3.98. The third-order valence-electron chi connectivity index (χ3n) is 3.13. The number of aromatic nitrogens is 2. The first kappa shape index (κ1) is 15.8. The van der Waals surface area contributed by atoms with Crippen LogP contribution in [0.1, 0.15) is 5.82 Å². The number of hydrogen-bond donors (Lipinski definition) is 0. The molecule has 1 heterocycles. The summed E-state index contributed by atoms with van der Waals surface area (Å²) in [6.07, 6.45) is 0. The van der Waals surface area contributed by atoms with Crippen molar-refractivity contribution in [1.82, 2.24) is 9.55 Å². The van der Waals surface area contributed by atoms with Gasteiger partial charge in [-0.25, -0.2) is 4.98 Å². The summed E-state index contributed by atoms with van der Waals surface area (Å²) in [4.78, 5) is 4.49. The lowest BCUT2D eigenvalue weighted by Gasteiger charge is -2.16. The lowest BCUT2D eigenvalue weighted by Crippen LogP contribution is -2.22. The Morgan fingerprint density at radius 3 is 2.70 bits per heavy atom. The fraction of sp³-hybridized carbons (Fsp3) is 0.500. The highest BCUT2D eigenvalue weighted by Gasteiger charge is 2.13. The summed E-state index contributed by atoms with van der Waals surface area (Å²) in [5.74, 6) is 1.18. The van der Waals surface area contributed by atoms with Crippen LogP contribution in [0.2, 0.25) is 30.7 Å². The Bertz CT molecular complexity index is 593. The number of benzene rings is 1. The smallest absolute Gasteiger partial charge is 0.126 e. The maximum Gasteiger partial charge on any atom is 0.126 e. The Labute approximate surface area is 130 Å². The fourth-order valence-corrected chi connectivity index (χ4v) is 3.06. The van der Waals surface area contributed by atoms with Gasteiger partial charge in [-0.1, -0.05) is 31.2 Å². The molecule has 0 aliphatic heterocycles. The first-order valence-corrected chi connectivity index (χ1v) is 11.3. The van der Waals surface area contributed by atoms with Crippen molar-refractivity contribution in [3.8, 4) is 0 Å². The van der Waals surface area contributed by atoms with Crippen LogP contribution in [-0.4, -0.2) is 24.2 Å². The highest BCUT2D eigenvalue weighted by molar-refractivity contribution is 6.76. The molecule has 6 heteroatoms. The van der Waals surface area contributed by atoms with Gasteiger partial charge in [-0.15, -0.1) is 11.6 Å². The Morgan fingerprint density at radius 1 is 1.30 bits per heavy atom. The summed E-state index contributed by atoms with van der Waals surface area (Å²) in [5.41, 5.74) is 1.87. The minimum Gasteiger partial charge on any atom is -0.361 e. The van der Waals surface area contributed by atoms with Crippen molar-refractivity contribution in [3.05, 3.63) is 29.0 Å². The van der Waals surface area contributed by atoms with Gasteiger partial charge in [0.1, 0.15) is 12.6 Å². The molecule has 0 N–H and O–H groups in total. The normalized spacial score (nSPS) is 12.2. The Kier molecular flexibility index (Phi) is 5.12. The molecule has 0 bridgehead atoms. The van der Waals surface area contributed by atoms with Crippen LogP contribution in [-0.2, 0) is 17.3 Å². The standard InChI is InChI=1S/C14H20Cl2N2OSi/c1-20(2,3)7-6-19-10-18-13-5-4-11(16)8-12(13)17-14(18)9-15/h4-5,8H,6-7,9-10H2,1-3H3. The molecule has 0 amide bonds. The van der Waals surface area contributed by atoms with Gasteiger partial charge in [-0.2, -0.15) is 0 Å². The highest BCUT2D eigenvalue weighted by atomic mass is 35.5. The number of rotatable bonds is 6. The number of ether oxygens (including phenoxy) is 1. The Hall–Kier alpha value is -0.553. The summed E-state index contributed by atoms with van der Waals surface area (Å²) in [7, 11) is -1.06. The molecule has 0 fully saturated rings. The largest absolute Gasteiger partial charge is 0.361 e. The van der Waals surface area contributed by atoms with Gasteiger partial charge >= 0.3 is 0 Å². The quantitative estimate of drug-likeness (QED) is 0.434. The predicted octanol–water partition coefficient (Wildman–Crippen LogP) is 4.74. The van der Waals surface area contributed by atoms with Crippen molar-refractivity contribution < 1.29 is 4.74 Å². The van der Waals surface area contributed by atoms with E-state index in [1.54, 1.807) is 0 Å². The van der Waals surface area contributed by atoms with Crippen LogP contribution in [0.5, 0.6) is 0 Å². The molecule has 0 aliphatic carbocycles. The minimum atomic E-state index is -1.06. The van der Waals surface area contributed by atoms with E-state index >= 15 is 0 Å². The molecule has 2 rings (SSSR count). The lowest BCUT2D eigenvalue weighted by molar-refractivity contribution is 0.0883. The summed E-state index contributed by atoms with van der Waals surface area (Å²) in [5, 5.41) is 0.683. The first-order valence-electron chi connectivity index (χ1n) is 6.69. The molecule has 0 radical (unpaired) electrons. The molecule has 20 heavy (non-hydrogen) atoms. The molecule has 1 aromatic carbocycles. The molecule has 110 valence electrons. The summed E-state index contributed by atoms with van der Waals surface area (Å²) >= 11 is 12.0. The van der Waals surface area contributed by atoms with Gasteiger partial charge in [-0.05, 0) is 24.2 Å². The van der Waals surface area contributed by atoms with E-state index in [9.17, 15) is 0 Å². The summed E-state index contributed by atoms with van der Waals surface area (Å²) in [6, 6.07) is 6.83. The molecule has 0 saturated carbocycles. The van der Waals surface area contributed by atoms with Crippen molar-refractivity contribution in [3.63, 3.8) is 0 Å². The molecule has 1 aromatic heterocycles. The van der Waals surface area contributed by atoms with Crippen LogP contribution < -0.4 is 0 Å². The van der Waals surface area contributed by atoms with E-state index in [-0.39, 0.29) is 0 Å². The Morgan fingerprint density at radius 2 is 2.05 bits per heavy atom. The number of hydrogen-bond acceptors (Lipinski definition) is 2. The molecule has 0 atom stereocenters. The molecular weight excluding hydrogens is 311 g/mol. The molecule has 0 unspecified atom stereocenters. The van der Waals surface area contributed by atoms with Crippen LogP contribution in [0.3, 0.4) is 0 Å². The number of nitrogens with zero attached hydrogens (tertiary/aromatic N) is 2. The zero-order valence-electron chi connectivity index (χ0n) is 12.1. The maximum atomic E-state index is 5.99. The van der Waals surface area contributed by atoms with Crippen LogP contribution in [0.15, 0.2) is 18.2 Å². The van der Waals surface area contributed by atoms with E-state index in [0.29, 0.717) is 17.6 Å². The van der Waals surface area contributed by atoms with Crippen molar-refractivity contribution in [2.24, 2.45) is 0 Å². The maximum absolute atomic E-state index is 5.99. The average molecular weight is 331 g/mol. The highest BCUT2D eigenvalue weighted by Crippen LogP contribution is 2.21. The van der Waals surface area contributed by atoms with Crippen molar-refractivity contribution in [1.29, 1.82) is 0 Å². The van der Waals surface area contributed by atoms with E-state index in [4.69, 9.17) is 27.9 Å². The second-order valence-corrected chi connectivity index (χ2v) is 12.4. The molecular formula is C14H20Cl2N2OSi. The molecule has 2 aromatic rings. The number of fused-ring (bicyclic) bond motifs is 1. The van der Waals surface area contributed by atoms with E-state index in [1.807, 2.05) is 22.8 Å². The van der Waals surface area contributed by atoms with Crippen molar-refractivity contribution in [2.45, 2.75) is 38.3 Å². The van der Waals surface area contributed by atoms with Crippen LogP contribution in [0, 0.1) is 0 Å². The SMILES string of the molecule is C[Si](C)(C)CCOCn1c(CCl)nc2cc(Cl)ccc21. The first-order chi connectivity index (χ1) is 9.40. The van der Waals surface area contributed by atoms with Gasteiger partial charge in [0.15, 0.2) is 0 Å². The van der Waals surface area contributed by atoms with Crippen LogP contribution in [0.4, 0.5) is 0 Å². The minimum absolute atomic E-state index is 0.365. The van der Waals surface area contributed by atoms with E-state index in [0.717, 1.165) is 29.5 Å². The van der Waals surface area contributed by atoms with E-state index < -0.39 is 8.07 Å². The number of alkyl halides is 1. The topological polar surface area (TPSA) is 27.1 Å². The lowest BCUT2D eigenvalue weighted by atomic mass is 10.3. The Balaban J connectivity index is 2.12. The van der Waals surface area contributed by atoms with Crippen LogP contribution >= 0.6 is 23.2 Å². The molecule has 0 saturated heterocycles. The van der Waals surface area contributed by atoms with E-state index in [2.05, 4.69) is 24.6 Å². The zero-order chi connectivity index (χ0) is 14.8. The fourth-order valence-electron chi connectivity index (χ4n) is 1.93. The van der Waals surface area contributed by atoms with Gasteiger partial charge in [0.2, 0.25) is 0 Å². The van der Waals surface area contributed by atoms with Gasteiger partial charge < -0.3 is 9.30 Å². The second-order valence-electron chi connectivity index (χ2n) is 6.07. The summed E-state index contributed by atoms with van der Waals surface area (Å²) < 4.78 is 7.82. The molecule has 3 nitrogen and oxygen atoms in total. The summed E-state index contributed by atoms with van der Waals surface area (Å²) in [6.45, 7) is 8.30. The zero-order valence-corrected chi connectivity index (χ0v) is 14.6. The van der Waals surface area contributed by atoms with Crippen molar-refractivity contribution >= 4 is 42.3 Å². The average Bonchev–Trinajstić information content (AvgIpc) is 2.70. The van der Waals surface area contributed by atoms with Gasteiger partial charge in [0, 0.05) is 19.7 Å². The number of imidazole rings is 1. The second kappa shape index (κ2) is 6.48. The van der Waals surface area contributed by atoms with Gasteiger partial charge in [-0.3, -0.25) is 0 Å². The third-order valence-corrected chi connectivity index (χ3v) is 5.30. The van der Waals surface area contributed by atoms with Gasteiger partial charge in [0.05, 0.1) is 16.9 Å².